The van der Waals surface area contributed by atoms with Crippen LogP contribution in [0.5, 0.6) is 17.4 Å². The molecule has 146 valence electrons. The molecule has 0 saturated heterocycles. The van der Waals surface area contributed by atoms with Gasteiger partial charge in [-0.05, 0) is 47.5 Å². The molecule has 0 saturated carbocycles. The van der Waals surface area contributed by atoms with Crippen molar-refractivity contribution in [2.45, 2.75) is 6.54 Å². The number of rotatable bonds is 5. The second kappa shape index (κ2) is 7.55. The average Bonchev–Trinajstić information content (AvgIpc) is 3.25. The lowest BCUT2D eigenvalue weighted by Gasteiger charge is -2.07. The van der Waals surface area contributed by atoms with Gasteiger partial charge in [-0.15, -0.1) is 0 Å². The molecule has 0 aliphatic heterocycles. The first-order valence-corrected chi connectivity index (χ1v) is 8.95. The Hall–Kier alpha value is -4.00. The highest BCUT2D eigenvalue weighted by Crippen LogP contribution is 2.28. The molecule has 4 aromatic rings. The Labute approximate surface area is 166 Å². The van der Waals surface area contributed by atoms with Gasteiger partial charge in [0.15, 0.2) is 11.5 Å². The smallest absolute Gasteiger partial charge is 0.258 e. The van der Waals surface area contributed by atoms with Gasteiger partial charge in [0.25, 0.3) is 5.56 Å². The van der Waals surface area contributed by atoms with Crippen molar-refractivity contribution in [1.82, 2.24) is 9.97 Å². The summed E-state index contributed by atoms with van der Waals surface area (Å²) in [5.74, 6) is 0.180. The highest BCUT2D eigenvalue weighted by atomic mass is 16.5. The Kier molecular flexibility index (Phi) is 4.78. The van der Waals surface area contributed by atoms with E-state index in [0.29, 0.717) is 22.1 Å². The topological polar surface area (TPSA) is 111 Å². The lowest BCUT2D eigenvalue weighted by atomic mass is 10.0. The van der Waals surface area contributed by atoms with E-state index >= 15 is 0 Å². The number of nitrogens with zero attached hydrogens (tertiary/aromatic N) is 1. The molecule has 0 fully saturated rings. The van der Waals surface area contributed by atoms with Crippen molar-refractivity contribution in [3.8, 4) is 28.6 Å². The molecule has 0 unspecified atom stereocenters. The number of nitrogens with one attached hydrogen (secondary N) is 2. The van der Waals surface area contributed by atoms with Gasteiger partial charge < -0.3 is 19.9 Å². The second-order valence-corrected chi connectivity index (χ2v) is 6.54. The van der Waals surface area contributed by atoms with Crippen LogP contribution in [-0.2, 0) is 6.54 Å². The largest absolute Gasteiger partial charge is 0.504 e. The quantitative estimate of drug-likeness (QED) is 0.391. The summed E-state index contributed by atoms with van der Waals surface area (Å²) < 4.78 is 5.03. The molecular formula is C22H19N3O4. The third-order valence-electron chi connectivity index (χ3n) is 4.69. The SMILES string of the molecule is COc1ccc(CN=Cc2c(O)[nH]c(=O)c3ccc(-c4ccc[nH]4)cc23)cc1O. The lowest BCUT2D eigenvalue weighted by molar-refractivity contribution is 0.373. The van der Waals surface area contributed by atoms with Crippen molar-refractivity contribution in [2.75, 3.05) is 7.11 Å². The van der Waals surface area contributed by atoms with Gasteiger partial charge in [-0.2, -0.15) is 0 Å². The monoisotopic (exact) mass is 389 g/mol. The predicted molar refractivity (Wildman–Crippen MR) is 112 cm³/mol. The number of hydrogen-bond donors (Lipinski definition) is 4. The number of fused-ring (bicyclic) bond motifs is 1. The van der Waals surface area contributed by atoms with Gasteiger partial charge >= 0.3 is 0 Å². The maximum absolute atomic E-state index is 12.2. The van der Waals surface area contributed by atoms with Gasteiger partial charge in [0.05, 0.1) is 19.2 Å². The standard InChI is InChI=1S/C22H19N3O4/c1-29-20-7-4-13(9-19(20)26)11-23-12-17-16-10-14(18-3-2-8-24-18)5-6-15(16)21(27)25-22(17)28/h2-10,12,24,26H,11H2,1H3,(H2,25,27,28). The number of aromatic nitrogens is 2. The van der Waals surface area contributed by atoms with E-state index in [4.69, 9.17) is 4.74 Å². The molecule has 0 bridgehead atoms. The maximum atomic E-state index is 12.2. The van der Waals surface area contributed by atoms with Gasteiger partial charge in [-0.3, -0.25) is 14.8 Å². The summed E-state index contributed by atoms with van der Waals surface area (Å²) in [6, 6.07) is 14.3. The third kappa shape index (κ3) is 3.58. The Bertz CT molecular complexity index is 1260. The number of aromatic hydroxyl groups is 2. The highest BCUT2D eigenvalue weighted by molar-refractivity contribution is 6.02. The molecule has 2 heterocycles. The predicted octanol–water partition coefficient (Wildman–Crippen LogP) is 3.56. The summed E-state index contributed by atoms with van der Waals surface area (Å²) in [4.78, 5) is 22.2. The van der Waals surface area contributed by atoms with Crippen LogP contribution in [-0.4, -0.2) is 33.5 Å². The number of aliphatic imine (C=N–C) groups is 1. The van der Waals surface area contributed by atoms with E-state index in [1.54, 1.807) is 24.3 Å². The Balaban J connectivity index is 1.72. The van der Waals surface area contributed by atoms with Crippen LogP contribution < -0.4 is 10.3 Å². The third-order valence-corrected chi connectivity index (χ3v) is 4.69. The first-order chi connectivity index (χ1) is 14.1. The summed E-state index contributed by atoms with van der Waals surface area (Å²) in [6.45, 7) is 0.286. The molecule has 29 heavy (non-hydrogen) atoms. The van der Waals surface area contributed by atoms with Crippen LogP contribution in [0.4, 0.5) is 0 Å². The summed E-state index contributed by atoms with van der Waals surface area (Å²) in [5.41, 5.74) is 2.63. The Morgan fingerprint density at radius 1 is 1.10 bits per heavy atom. The minimum absolute atomic E-state index is 0.0353. The first-order valence-electron chi connectivity index (χ1n) is 8.95. The van der Waals surface area contributed by atoms with E-state index in [2.05, 4.69) is 15.0 Å². The van der Waals surface area contributed by atoms with E-state index < -0.39 is 0 Å². The van der Waals surface area contributed by atoms with Gasteiger partial charge in [-0.25, -0.2) is 0 Å². The van der Waals surface area contributed by atoms with Crippen molar-refractivity contribution in [3.63, 3.8) is 0 Å². The molecular weight excluding hydrogens is 370 g/mol. The number of phenols is 1. The average molecular weight is 389 g/mol. The molecule has 4 rings (SSSR count). The zero-order valence-corrected chi connectivity index (χ0v) is 15.6. The molecule has 0 amide bonds. The van der Waals surface area contributed by atoms with Crippen LogP contribution in [0, 0.1) is 0 Å². The van der Waals surface area contributed by atoms with Gasteiger partial charge in [0.2, 0.25) is 5.88 Å². The fraction of sp³-hybridized carbons (Fsp3) is 0.0909. The highest BCUT2D eigenvalue weighted by Gasteiger charge is 2.11. The summed E-state index contributed by atoms with van der Waals surface area (Å²) in [7, 11) is 1.48. The van der Waals surface area contributed by atoms with Gasteiger partial charge in [0.1, 0.15) is 0 Å². The Morgan fingerprint density at radius 2 is 1.97 bits per heavy atom. The van der Waals surface area contributed by atoms with E-state index in [1.807, 2.05) is 30.5 Å². The van der Waals surface area contributed by atoms with Crippen molar-refractivity contribution in [2.24, 2.45) is 4.99 Å². The molecule has 2 aromatic carbocycles. The van der Waals surface area contributed by atoms with Gasteiger partial charge in [-0.1, -0.05) is 12.1 Å². The molecule has 7 heteroatoms. The fourth-order valence-electron chi connectivity index (χ4n) is 3.22. The molecule has 2 aromatic heterocycles. The number of aromatic amines is 2. The number of pyridine rings is 1. The van der Waals surface area contributed by atoms with Crippen LogP contribution in [0.2, 0.25) is 0 Å². The van der Waals surface area contributed by atoms with Crippen LogP contribution in [0.25, 0.3) is 22.0 Å². The van der Waals surface area contributed by atoms with E-state index in [9.17, 15) is 15.0 Å². The normalized spacial score (nSPS) is 11.3. The second-order valence-electron chi connectivity index (χ2n) is 6.54. The molecule has 0 aliphatic rings. The number of hydrogen-bond acceptors (Lipinski definition) is 5. The number of ether oxygens (including phenoxy) is 1. The maximum Gasteiger partial charge on any atom is 0.258 e. The number of methoxy groups -OCH3 is 1. The van der Waals surface area contributed by atoms with E-state index in [0.717, 1.165) is 16.8 Å². The summed E-state index contributed by atoms with van der Waals surface area (Å²) in [6.07, 6.45) is 3.34. The summed E-state index contributed by atoms with van der Waals surface area (Å²) >= 11 is 0. The zero-order chi connectivity index (χ0) is 20.4. The minimum atomic E-state index is -0.368. The molecule has 0 radical (unpaired) electrons. The minimum Gasteiger partial charge on any atom is -0.504 e. The summed E-state index contributed by atoms with van der Waals surface area (Å²) in [5, 5.41) is 21.3. The van der Waals surface area contributed by atoms with E-state index in [1.165, 1.54) is 13.3 Å². The van der Waals surface area contributed by atoms with Crippen molar-refractivity contribution < 1.29 is 14.9 Å². The van der Waals surface area contributed by atoms with Crippen LogP contribution in [0.15, 0.2) is 64.5 Å². The molecule has 0 spiro atoms. The van der Waals surface area contributed by atoms with Crippen LogP contribution in [0.1, 0.15) is 11.1 Å². The number of benzene rings is 2. The molecule has 0 aliphatic carbocycles. The van der Waals surface area contributed by atoms with Crippen LogP contribution >= 0.6 is 0 Å². The number of phenolic OH excluding ortho intramolecular Hbond substituents is 1. The van der Waals surface area contributed by atoms with E-state index in [-0.39, 0.29) is 23.7 Å². The van der Waals surface area contributed by atoms with Crippen LogP contribution in [0.3, 0.4) is 0 Å². The first kappa shape index (κ1) is 18.4. The lowest BCUT2D eigenvalue weighted by Crippen LogP contribution is -2.08. The Morgan fingerprint density at radius 3 is 2.69 bits per heavy atom. The molecule has 7 nitrogen and oxygen atoms in total. The zero-order valence-electron chi connectivity index (χ0n) is 15.6. The van der Waals surface area contributed by atoms with Crippen molar-refractivity contribution in [1.29, 1.82) is 0 Å². The van der Waals surface area contributed by atoms with Gasteiger partial charge in [0, 0.05) is 28.9 Å². The molecule has 0 atom stereocenters. The molecule has 4 N–H and O–H groups in total. The van der Waals surface area contributed by atoms with Crippen molar-refractivity contribution >= 4 is 17.0 Å². The number of H-pyrrole nitrogens is 2. The fourth-order valence-corrected chi connectivity index (χ4v) is 3.22. The van der Waals surface area contributed by atoms with Crippen molar-refractivity contribution in [3.05, 3.63) is 76.2 Å².